The summed E-state index contributed by atoms with van der Waals surface area (Å²) in [6, 6.07) is 14.5. The van der Waals surface area contributed by atoms with Crippen molar-refractivity contribution in [2.24, 2.45) is 0 Å². The minimum Gasteiger partial charge on any atom is -0.493 e. The Morgan fingerprint density at radius 2 is 1.83 bits per heavy atom. The van der Waals surface area contributed by atoms with E-state index in [9.17, 15) is 14.9 Å². The highest BCUT2D eigenvalue weighted by atomic mass is 16.5. The molecule has 152 valence electrons. The minimum atomic E-state index is -0.217. The summed E-state index contributed by atoms with van der Waals surface area (Å²) in [4.78, 5) is 25.7. The van der Waals surface area contributed by atoms with Crippen LogP contribution in [-0.2, 0) is 16.0 Å². The third-order valence-electron chi connectivity index (χ3n) is 4.44. The Morgan fingerprint density at radius 1 is 1.10 bits per heavy atom. The van der Waals surface area contributed by atoms with Gasteiger partial charge in [0.25, 0.3) is 0 Å². The van der Waals surface area contributed by atoms with Crippen molar-refractivity contribution >= 4 is 17.5 Å². The molecule has 29 heavy (non-hydrogen) atoms. The van der Waals surface area contributed by atoms with Gasteiger partial charge in [0.15, 0.2) is 11.5 Å². The number of para-hydroxylation sites is 1. The monoisotopic (exact) mass is 395 g/mol. The average molecular weight is 395 g/mol. The third kappa shape index (κ3) is 5.98. The summed E-state index contributed by atoms with van der Waals surface area (Å²) in [6.45, 7) is 2.09. The first-order valence-corrected chi connectivity index (χ1v) is 9.25. The number of hydrogen-bond acceptors (Lipinski definition) is 5. The van der Waals surface area contributed by atoms with Crippen LogP contribution in [0.2, 0.25) is 0 Å². The average Bonchev–Trinajstić information content (AvgIpc) is 2.73. The lowest BCUT2D eigenvalue weighted by Gasteiger charge is -2.22. The fourth-order valence-corrected chi connectivity index (χ4v) is 2.94. The molecular formula is C22H25N3O4. The van der Waals surface area contributed by atoms with Crippen LogP contribution in [0.3, 0.4) is 0 Å². The fourth-order valence-electron chi connectivity index (χ4n) is 2.94. The summed E-state index contributed by atoms with van der Waals surface area (Å²) in [5.41, 5.74) is 1.92. The van der Waals surface area contributed by atoms with E-state index in [2.05, 4.69) is 11.4 Å². The Kier molecular flexibility index (Phi) is 8.04. The molecule has 2 aromatic carbocycles. The normalized spacial score (nSPS) is 10.0. The lowest BCUT2D eigenvalue weighted by molar-refractivity contribution is -0.121. The number of nitriles is 1. The topological polar surface area (TPSA) is 91.7 Å². The highest BCUT2D eigenvalue weighted by Gasteiger charge is 2.16. The van der Waals surface area contributed by atoms with Crippen molar-refractivity contribution in [3.8, 4) is 17.6 Å². The van der Waals surface area contributed by atoms with E-state index in [1.807, 2.05) is 18.2 Å². The van der Waals surface area contributed by atoms with Crippen LogP contribution in [0, 0.1) is 11.3 Å². The van der Waals surface area contributed by atoms with Crippen LogP contribution < -0.4 is 19.7 Å². The molecule has 7 heteroatoms. The van der Waals surface area contributed by atoms with E-state index in [0.29, 0.717) is 35.7 Å². The van der Waals surface area contributed by atoms with Crippen LogP contribution in [0.25, 0.3) is 0 Å². The first-order valence-electron chi connectivity index (χ1n) is 9.25. The Balaban J connectivity index is 1.89. The maximum atomic E-state index is 12.2. The van der Waals surface area contributed by atoms with E-state index in [-0.39, 0.29) is 24.8 Å². The van der Waals surface area contributed by atoms with Crippen molar-refractivity contribution < 1.29 is 19.1 Å². The van der Waals surface area contributed by atoms with Crippen molar-refractivity contribution in [2.45, 2.75) is 19.8 Å². The number of nitrogens with zero attached hydrogens (tertiary/aromatic N) is 2. The lowest BCUT2D eigenvalue weighted by Crippen LogP contribution is -2.34. The minimum absolute atomic E-state index is 0.144. The van der Waals surface area contributed by atoms with Gasteiger partial charge in [-0.15, -0.1) is 0 Å². The summed E-state index contributed by atoms with van der Waals surface area (Å²) in [6.07, 6.45) is 0.783. The second-order valence-electron chi connectivity index (χ2n) is 6.34. The number of ether oxygens (including phenoxy) is 2. The summed E-state index contributed by atoms with van der Waals surface area (Å²) < 4.78 is 10.5. The molecule has 0 aromatic heterocycles. The summed E-state index contributed by atoms with van der Waals surface area (Å²) >= 11 is 0. The van der Waals surface area contributed by atoms with Gasteiger partial charge in [0, 0.05) is 26.4 Å². The van der Waals surface area contributed by atoms with E-state index in [1.54, 1.807) is 38.5 Å². The Hall–Kier alpha value is -3.53. The molecule has 0 aliphatic carbocycles. The lowest BCUT2D eigenvalue weighted by atomic mass is 10.1. The first-order chi connectivity index (χ1) is 14.0. The van der Waals surface area contributed by atoms with E-state index in [0.717, 1.165) is 5.56 Å². The second kappa shape index (κ2) is 10.7. The summed E-state index contributed by atoms with van der Waals surface area (Å²) in [5.74, 6) is 0.920. The molecule has 0 spiro atoms. The smallest absolute Gasteiger partial charge is 0.223 e. The number of nitrogens with one attached hydrogen (secondary N) is 1. The van der Waals surface area contributed by atoms with Crippen molar-refractivity contribution in [1.82, 2.24) is 5.32 Å². The molecule has 0 saturated carbocycles. The molecule has 0 aliphatic heterocycles. The molecule has 0 heterocycles. The van der Waals surface area contributed by atoms with Crippen LogP contribution in [0.15, 0.2) is 42.5 Å². The van der Waals surface area contributed by atoms with Crippen molar-refractivity contribution in [3.63, 3.8) is 0 Å². The highest BCUT2D eigenvalue weighted by Crippen LogP contribution is 2.27. The molecule has 0 aliphatic rings. The van der Waals surface area contributed by atoms with Gasteiger partial charge in [0.1, 0.15) is 6.07 Å². The molecule has 0 radical (unpaired) electrons. The number of carbonyl (C=O) groups excluding carboxylic acids is 2. The molecular weight excluding hydrogens is 370 g/mol. The van der Waals surface area contributed by atoms with Gasteiger partial charge >= 0.3 is 0 Å². The molecule has 0 bridgehead atoms. The van der Waals surface area contributed by atoms with E-state index < -0.39 is 0 Å². The zero-order valence-corrected chi connectivity index (χ0v) is 16.9. The van der Waals surface area contributed by atoms with Crippen LogP contribution in [-0.4, -0.2) is 39.1 Å². The van der Waals surface area contributed by atoms with Gasteiger partial charge < -0.3 is 19.7 Å². The third-order valence-corrected chi connectivity index (χ3v) is 4.44. The SMILES string of the molecule is COc1ccc(CCNC(=O)CCN(C(C)=O)c2ccccc2C#N)cc1OC. The van der Waals surface area contributed by atoms with Gasteiger partial charge in [0.05, 0.1) is 25.5 Å². The number of hydrogen-bond donors (Lipinski definition) is 1. The molecule has 0 fully saturated rings. The fraction of sp³-hybridized carbons (Fsp3) is 0.318. The molecule has 7 nitrogen and oxygen atoms in total. The Morgan fingerprint density at radius 3 is 2.48 bits per heavy atom. The number of rotatable bonds is 9. The molecule has 2 rings (SSSR count). The molecule has 2 aromatic rings. The zero-order chi connectivity index (χ0) is 21.2. The van der Waals surface area contributed by atoms with Gasteiger partial charge in [0.2, 0.25) is 11.8 Å². The van der Waals surface area contributed by atoms with E-state index in [4.69, 9.17) is 9.47 Å². The molecule has 0 unspecified atom stereocenters. The number of amides is 2. The van der Waals surface area contributed by atoms with Crippen molar-refractivity contribution in [3.05, 3.63) is 53.6 Å². The number of carbonyl (C=O) groups is 2. The summed E-state index contributed by atoms with van der Waals surface area (Å²) in [5, 5.41) is 12.1. The highest BCUT2D eigenvalue weighted by molar-refractivity contribution is 5.93. The van der Waals surface area contributed by atoms with Crippen LogP contribution in [0.5, 0.6) is 11.5 Å². The second-order valence-corrected chi connectivity index (χ2v) is 6.34. The quantitative estimate of drug-likeness (QED) is 0.705. The van der Waals surface area contributed by atoms with Crippen LogP contribution >= 0.6 is 0 Å². The van der Waals surface area contributed by atoms with Gasteiger partial charge in [-0.25, -0.2) is 0 Å². The number of anilines is 1. The largest absolute Gasteiger partial charge is 0.493 e. The maximum absolute atomic E-state index is 12.2. The molecule has 0 saturated heterocycles. The zero-order valence-electron chi connectivity index (χ0n) is 16.9. The number of methoxy groups -OCH3 is 2. The maximum Gasteiger partial charge on any atom is 0.223 e. The molecule has 2 amide bonds. The van der Waals surface area contributed by atoms with E-state index >= 15 is 0 Å². The van der Waals surface area contributed by atoms with Gasteiger partial charge in [-0.1, -0.05) is 18.2 Å². The van der Waals surface area contributed by atoms with Gasteiger partial charge in [-0.05, 0) is 36.2 Å². The summed E-state index contributed by atoms with van der Waals surface area (Å²) in [7, 11) is 3.16. The van der Waals surface area contributed by atoms with Crippen molar-refractivity contribution in [2.75, 3.05) is 32.2 Å². The van der Waals surface area contributed by atoms with Crippen molar-refractivity contribution in [1.29, 1.82) is 5.26 Å². The van der Waals surface area contributed by atoms with Crippen LogP contribution in [0.1, 0.15) is 24.5 Å². The predicted molar refractivity (Wildman–Crippen MR) is 110 cm³/mol. The molecule has 0 atom stereocenters. The Bertz CT molecular complexity index is 905. The van der Waals surface area contributed by atoms with Crippen LogP contribution in [0.4, 0.5) is 5.69 Å². The van der Waals surface area contributed by atoms with E-state index in [1.165, 1.54) is 11.8 Å². The van der Waals surface area contributed by atoms with Gasteiger partial charge in [-0.3, -0.25) is 9.59 Å². The number of benzene rings is 2. The first kappa shape index (κ1) is 21.8. The predicted octanol–water partition coefficient (Wildman–Crippen LogP) is 2.68. The molecule has 1 N–H and O–H groups in total. The van der Waals surface area contributed by atoms with Gasteiger partial charge in [-0.2, -0.15) is 5.26 Å². The Labute approximate surface area is 170 Å². The standard InChI is InChI=1S/C22H25N3O4/c1-16(26)25(19-7-5-4-6-18(19)15-23)13-11-22(27)24-12-10-17-8-9-20(28-2)21(14-17)29-3/h4-9,14H,10-13H2,1-3H3,(H,24,27).